The minimum absolute atomic E-state index is 0.128. The van der Waals surface area contributed by atoms with Crippen LogP contribution >= 0.6 is 0 Å². The van der Waals surface area contributed by atoms with Gasteiger partial charge in [0.1, 0.15) is 6.10 Å². The Bertz CT molecular complexity index is 705. The maximum absolute atomic E-state index is 11.4. The number of aryl methyl sites for hydroxylation is 3. The van der Waals surface area contributed by atoms with E-state index in [1.807, 2.05) is 0 Å². The fourth-order valence-corrected chi connectivity index (χ4v) is 3.30. The first-order valence-electron chi connectivity index (χ1n) is 7.89. The molecule has 2 aromatic carbocycles. The van der Waals surface area contributed by atoms with Gasteiger partial charge in [-0.05, 0) is 48.6 Å². The number of carbonyl (C=O) groups is 1. The molecule has 0 spiro atoms. The second-order valence-corrected chi connectivity index (χ2v) is 6.33. The Labute approximate surface area is 130 Å². The first-order chi connectivity index (χ1) is 10.5. The minimum Gasteiger partial charge on any atom is -0.462 e. The molecule has 1 N–H and O–H groups in total. The van der Waals surface area contributed by atoms with Gasteiger partial charge < -0.3 is 9.84 Å². The summed E-state index contributed by atoms with van der Waals surface area (Å²) in [5, 5.41) is 12.2. The Kier molecular flexibility index (Phi) is 4.16. The van der Waals surface area contributed by atoms with Crippen molar-refractivity contribution < 1.29 is 14.6 Å². The van der Waals surface area contributed by atoms with E-state index in [1.165, 1.54) is 27.5 Å². The van der Waals surface area contributed by atoms with Crippen LogP contribution in [-0.2, 0) is 16.0 Å². The molecule has 3 heteroatoms. The van der Waals surface area contributed by atoms with E-state index in [4.69, 9.17) is 4.74 Å². The van der Waals surface area contributed by atoms with E-state index in [2.05, 4.69) is 44.2 Å². The lowest BCUT2D eigenvalue weighted by Crippen LogP contribution is -2.32. The molecule has 0 saturated carbocycles. The minimum atomic E-state index is -0.553. The van der Waals surface area contributed by atoms with Gasteiger partial charge in [-0.1, -0.05) is 35.9 Å². The quantitative estimate of drug-likeness (QED) is 0.883. The lowest BCUT2D eigenvalue weighted by Gasteiger charge is -2.26. The van der Waals surface area contributed by atoms with E-state index in [0.717, 1.165) is 12.8 Å². The third-order valence-electron chi connectivity index (χ3n) is 4.47. The molecule has 3 nitrogen and oxygen atoms in total. The monoisotopic (exact) mass is 298 g/mol. The van der Waals surface area contributed by atoms with Gasteiger partial charge in [-0.25, -0.2) is 0 Å². The summed E-state index contributed by atoms with van der Waals surface area (Å²) < 4.78 is 5.35. The zero-order chi connectivity index (χ0) is 15.7. The van der Waals surface area contributed by atoms with Crippen LogP contribution in [0.15, 0.2) is 30.3 Å². The smallest absolute Gasteiger partial charge is 0.308 e. The van der Waals surface area contributed by atoms with E-state index in [1.54, 1.807) is 0 Å². The summed E-state index contributed by atoms with van der Waals surface area (Å²) in [5.74, 6) is -0.283. The fourth-order valence-electron chi connectivity index (χ4n) is 3.30. The van der Waals surface area contributed by atoms with Gasteiger partial charge in [-0.3, -0.25) is 4.79 Å². The maximum Gasteiger partial charge on any atom is 0.308 e. The van der Waals surface area contributed by atoms with Crippen LogP contribution in [0.5, 0.6) is 0 Å². The van der Waals surface area contributed by atoms with Crippen molar-refractivity contribution in [2.45, 2.75) is 51.7 Å². The molecule has 1 aliphatic rings. The summed E-state index contributed by atoms with van der Waals surface area (Å²) in [6, 6.07) is 10.8. The highest BCUT2D eigenvalue weighted by Gasteiger charge is 2.27. The number of carbonyl (C=O) groups excluding carboxylic acids is 1. The molecule has 2 unspecified atom stereocenters. The zero-order valence-corrected chi connectivity index (χ0v) is 13.1. The number of hydrogen-bond donors (Lipinski definition) is 1. The lowest BCUT2D eigenvalue weighted by molar-refractivity contribution is -0.160. The van der Waals surface area contributed by atoms with Gasteiger partial charge in [-0.2, -0.15) is 0 Å². The topological polar surface area (TPSA) is 46.5 Å². The van der Waals surface area contributed by atoms with Gasteiger partial charge >= 0.3 is 5.97 Å². The fraction of sp³-hybridized carbons (Fsp3) is 0.421. The highest BCUT2D eigenvalue weighted by atomic mass is 16.5. The summed E-state index contributed by atoms with van der Waals surface area (Å²) in [7, 11) is 0. The molecule has 0 radical (unpaired) electrons. The molecule has 22 heavy (non-hydrogen) atoms. The molecule has 0 amide bonds. The molecule has 2 aromatic rings. The number of ether oxygens (including phenoxy) is 1. The Balaban J connectivity index is 1.81. The number of hydrogen-bond acceptors (Lipinski definition) is 3. The van der Waals surface area contributed by atoms with E-state index in [9.17, 15) is 9.90 Å². The van der Waals surface area contributed by atoms with Gasteiger partial charge in [0.2, 0.25) is 0 Å². The predicted molar refractivity (Wildman–Crippen MR) is 86.9 cm³/mol. The van der Waals surface area contributed by atoms with Gasteiger partial charge in [0, 0.05) is 6.42 Å². The summed E-state index contributed by atoms with van der Waals surface area (Å²) in [6.07, 6.45) is 1.57. The highest BCUT2D eigenvalue weighted by molar-refractivity contribution is 5.87. The first kappa shape index (κ1) is 15.0. The molecule has 1 aliphatic heterocycles. The van der Waals surface area contributed by atoms with Gasteiger partial charge in [0.05, 0.1) is 12.5 Å². The summed E-state index contributed by atoms with van der Waals surface area (Å²) in [4.78, 5) is 11.4. The SMILES string of the molecule is Cc1ccc2c(CCC3CC(O)CC(=O)O3)c(C)ccc2c1. The van der Waals surface area contributed by atoms with Gasteiger partial charge in [0.25, 0.3) is 0 Å². The standard InChI is InChI=1S/C19H22O3/c1-12-3-7-18-14(9-12)5-4-13(2)17(18)8-6-16-10-15(20)11-19(21)22-16/h3-5,7,9,15-16,20H,6,8,10-11H2,1-2H3. The van der Waals surface area contributed by atoms with Crippen molar-refractivity contribution in [2.24, 2.45) is 0 Å². The van der Waals surface area contributed by atoms with Crippen molar-refractivity contribution in [1.29, 1.82) is 0 Å². The third-order valence-corrected chi connectivity index (χ3v) is 4.47. The Morgan fingerprint density at radius 2 is 2.05 bits per heavy atom. The van der Waals surface area contributed by atoms with Crippen LogP contribution in [0.25, 0.3) is 10.8 Å². The van der Waals surface area contributed by atoms with Crippen LogP contribution in [-0.4, -0.2) is 23.3 Å². The van der Waals surface area contributed by atoms with Crippen molar-refractivity contribution in [3.63, 3.8) is 0 Å². The number of rotatable bonds is 3. The Morgan fingerprint density at radius 3 is 2.82 bits per heavy atom. The first-order valence-corrected chi connectivity index (χ1v) is 7.89. The number of aliphatic hydroxyl groups is 1. The van der Waals surface area contributed by atoms with Crippen LogP contribution < -0.4 is 0 Å². The number of benzene rings is 2. The molecule has 0 bridgehead atoms. The number of cyclic esters (lactones) is 1. The third kappa shape index (κ3) is 3.14. The lowest BCUT2D eigenvalue weighted by atomic mass is 9.92. The molecular weight excluding hydrogens is 276 g/mol. The summed E-state index contributed by atoms with van der Waals surface area (Å²) >= 11 is 0. The normalized spacial score (nSPS) is 21.9. The van der Waals surface area contributed by atoms with E-state index < -0.39 is 6.10 Å². The number of esters is 1. The second kappa shape index (κ2) is 6.09. The molecule has 3 rings (SSSR count). The zero-order valence-electron chi connectivity index (χ0n) is 13.1. The maximum atomic E-state index is 11.4. The van der Waals surface area contributed by atoms with Crippen molar-refractivity contribution in [3.8, 4) is 0 Å². The second-order valence-electron chi connectivity index (χ2n) is 6.33. The van der Waals surface area contributed by atoms with Crippen molar-refractivity contribution in [2.75, 3.05) is 0 Å². The Morgan fingerprint density at radius 1 is 1.23 bits per heavy atom. The van der Waals surface area contributed by atoms with E-state index in [-0.39, 0.29) is 18.5 Å². The summed E-state index contributed by atoms with van der Waals surface area (Å²) in [5.41, 5.74) is 3.83. The molecule has 116 valence electrons. The molecule has 1 heterocycles. The largest absolute Gasteiger partial charge is 0.462 e. The van der Waals surface area contributed by atoms with Crippen LogP contribution in [0.3, 0.4) is 0 Å². The van der Waals surface area contributed by atoms with Gasteiger partial charge in [-0.15, -0.1) is 0 Å². The van der Waals surface area contributed by atoms with Crippen LogP contribution in [0, 0.1) is 13.8 Å². The molecular formula is C19H22O3. The number of fused-ring (bicyclic) bond motifs is 1. The van der Waals surface area contributed by atoms with Crippen molar-refractivity contribution >= 4 is 16.7 Å². The van der Waals surface area contributed by atoms with Crippen LogP contribution in [0.2, 0.25) is 0 Å². The predicted octanol–water partition coefficient (Wildman–Crippen LogP) is 3.46. The molecule has 1 fully saturated rings. The van der Waals surface area contributed by atoms with Crippen LogP contribution in [0.1, 0.15) is 36.0 Å². The highest BCUT2D eigenvalue weighted by Crippen LogP contribution is 2.27. The van der Waals surface area contributed by atoms with Crippen LogP contribution in [0.4, 0.5) is 0 Å². The van der Waals surface area contributed by atoms with Crippen molar-refractivity contribution in [1.82, 2.24) is 0 Å². The molecule has 2 atom stereocenters. The molecule has 0 aliphatic carbocycles. The average molecular weight is 298 g/mol. The Hall–Kier alpha value is -1.87. The molecule has 0 aromatic heterocycles. The average Bonchev–Trinajstić information content (AvgIpc) is 2.45. The molecule has 1 saturated heterocycles. The van der Waals surface area contributed by atoms with E-state index >= 15 is 0 Å². The van der Waals surface area contributed by atoms with E-state index in [0.29, 0.717) is 6.42 Å². The summed E-state index contributed by atoms with van der Waals surface area (Å²) in [6.45, 7) is 4.22. The van der Waals surface area contributed by atoms with Crippen molar-refractivity contribution in [3.05, 3.63) is 47.0 Å². The van der Waals surface area contributed by atoms with Gasteiger partial charge in [0.15, 0.2) is 0 Å². The number of aliphatic hydroxyl groups excluding tert-OH is 1.